The maximum atomic E-state index is 4.25. The Kier molecular flexibility index (Phi) is 18.7. The maximum absolute atomic E-state index is 4.25. The van der Waals surface area contributed by atoms with Gasteiger partial charge in [0.25, 0.3) is 0 Å². The zero-order chi connectivity index (χ0) is 28.8. The summed E-state index contributed by atoms with van der Waals surface area (Å²) >= 11 is 0. The van der Waals surface area contributed by atoms with E-state index in [-0.39, 0.29) is 0 Å². The fourth-order valence-corrected chi connectivity index (χ4v) is 8.80. The van der Waals surface area contributed by atoms with Crippen LogP contribution in [0.2, 0.25) is 0 Å². The first kappa shape index (κ1) is 34.3. The lowest BCUT2D eigenvalue weighted by Gasteiger charge is -2.27. The number of nitrogens with one attached hydrogen (secondary N) is 1. The second kappa shape index (κ2) is 22.4. The van der Waals surface area contributed by atoms with Crippen LogP contribution in [0.3, 0.4) is 0 Å². The minimum Gasteiger partial charge on any atom is -0.285 e. The largest absolute Gasteiger partial charge is 0.285 e. The van der Waals surface area contributed by atoms with Gasteiger partial charge in [-0.15, -0.1) is 0 Å². The molecule has 1 aliphatic carbocycles. The standard InChI is InChI=1S/C39H64NP/c1-3-5-7-9-11-13-15-19-25-35-27-23-31-38(33-35)41(40-37-29-21-17-18-22-30-37)39-32-24-28-36(34-39)26-20-16-14-12-10-8-6-4-2/h23-24,27-28,31-34,37,40H,3-22,25-26,29-30H2,1-2H3. The minimum atomic E-state index is -0.529. The van der Waals surface area contributed by atoms with Crippen molar-refractivity contribution in [3.05, 3.63) is 59.7 Å². The molecule has 1 nitrogen and oxygen atoms in total. The third-order valence-corrected chi connectivity index (χ3v) is 11.4. The van der Waals surface area contributed by atoms with Crippen molar-refractivity contribution in [2.45, 2.75) is 174 Å². The molecule has 0 atom stereocenters. The van der Waals surface area contributed by atoms with E-state index in [9.17, 15) is 0 Å². The zero-order valence-electron chi connectivity index (χ0n) is 27.1. The first-order valence-corrected chi connectivity index (χ1v) is 19.4. The average molecular weight is 578 g/mol. The molecule has 1 saturated carbocycles. The van der Waals surface area contributed by atoms with Crippen LogP contribution in [-0.4, -0.2) is 6.04 Å². The molecular weight excluding hydrogens is 513 g/mol. The third kappa shape index (κ3) is 14.7. The fraction of sp³-hybridized carbons (Fsp3) is 0.692. The lowest BCUT2D eigenvalue weighted by Crippen LogP contribution is -2.32. The van der Waals surface area contributed by atoms with Crippen LogP contribution in [0.15, 0.2) is 48.5 Å². The van der Waals surface area contributed by atoms with Crippen molar-refractivity contribution in [2.75, 3.05) is 0 Å². The van der Waals surface area contributed by atoms with Gasteiger partial charge >= 0.3 is 0 Å². The SMILES string of the molecule is CCCCCCCCCCc1cccc(P(NC2CCCCCC2)c2cccc(CCCCCCCCCC)c2)c1. The van der Waals surface area contributed by atoms with Gasteiger partial charge in [0.05, 0.1) is 0 Å². The second-order valence-corrected chi connectivity index (χ2v) is 14.9. The molecule has 2 heteroatoms. The van der Waals surface area contributed by atoms with Gasteiger partial charge in [0, 0.05) is 14.1 Å². The summed E-state index contributed by atoms with van der Waals surface area (Å²) in [7, 11) is -0.529. The van der Waals surface area contributed by atoms with E-state index in [1.807, 2.05) is 0 Å². The van der Waals surface area contributed by atoms with Crippen LogP contribution in [0.25, 0.3) is 0 Å². The molecule has 3 rings (SSSR count). The van der Waals surface area contributed by atoms with Gasteiger partial charge < -0.3 is 0 Å². The molecule has 0 unspecified atom stereocenters. The lowest BCUT2D eigenvalue weighted by molar-refractivity contribution is 0.548. The molecule has 230 valence electrons. The number of unbranched alkanes of at least 4 members (excludes halogenated alkanes) is 14. The van der Waals surface area contributed by atoms with E-state index in [2.05, 4.69) is 67.5 Å². The van der Waals surface area contributed by atoms with Gasteiger partial charge in [-0.05, 0) is 72.4 Å². The van der Waals surface area contributed by atoms with Crippen LogP contribution in [0.1, 0.15) is 166 Å². The topological polar surface area (TPSA) is 12.0 Å². The van der Waals surface area contributed by atoms with Crippen LogP contribution in [0, 0.1) is 0 Å². The maximum Gasteiger partial charge on any atom is 0.0256 e. The predicted molar refractivity (Wildman–Crippen MR) is 186 cm³/mol. The molecule has 1 aliphatic rings. The Morgan fingerprint density at radius 2 is 0.951 bits per heavy atom. The van der Waals surface area contributed by atoms with Gasteiger partial charge in [0.15, 0.2) is 0 Å². The van der Waals surface area contributed by atoms with E-state index < -0.39 is 8.07 Å². The normalized spacial score (nSPS) is 14.5. The summed E-state index contributed by atoms with van der Waals surface area (Å²) in [5, 5.41) is 7.32. The Balaban J connectivity index is 1.59. The number of rotatable bonds is 22. The van der Waals surface area contributed by atoms with Gasteiger partial charge in [-0.1, -0.05) is 166 Å². The monoisotopic (exact) mass is 577 g/mol. The van der Waals surface area contributed by atoms with Crippen molar-refractivity contribution in [2.24, 2.45) is 0 Å². The molecule has 0 heterocycles. The molecule has 0 bridgehead atoms. The quantitative estimate of drug-likeness (QED) is 0.0833. The summed E-state index contributed by atoms with van der Waals surface area (Å²) in [5.74, 6) is 0. The molecule has 0 saturated heterocycles. The van der Waals surface area contributed by atoms with Crippen molar-refractivity contribution >= 4 is 18.7 Å². The minimum absolute atomic E-state index is 0.529. The summed E-state index contributed by atoms with van der Waals surface area (Å²) in [6, 6.07) is 20.0. The number of hydrogen-bond acceptors (Lipinski definition) is 1. The second-order valence-electron chi connectivity index (χ2n) is 12.9. The summed E-state index contributed by atoms with van der Waals surface area (Å²) in [6.45, 7) is 4.61. The van der Waals surface area contributed by atoms with Gasteiger partial charge in [0.1, 0.15) is 0 Å². The van der Waals surface area contributed by atoms with Crippen molar-refractivity contribution in [1.29, 1.82) is 0 Å². The molecule has 0 radical (unpaired) electrons. The highest BCUT2D eigenvalue weighted by atomic mass is 31.1. The molecule has 41 heavy (non-hydrogen) atoms. The summed E-state index contributed by atoms with van der Waals surface area (Å²) in [4.78, 5) is 0. The van der Waals surface area contributed by atoms with Crippen LogP contribution >= 0.6 is 8.07 Å². The van der Waals surface area contributed by atoms with E-state index in [0.29, 0.717) is 6.04 Å². The summed E-state index contributed by atoms with van der Waals surface area (Å²) in [5.41, 5.74) is 3.08. The molecule has 0 aliphatic heterocycles. The summed E-state index contributed by atoms with van der Waals surface area (Å²) < 4.78 is 0. The number of hydrogen-bond donors (Lipinski definition) is 1. The highest BCUT2D eigenvalue weighted by Gasteiger charge is 2.21. The first-order chi connectivity index (χ1) is 20.3. The Hall–Kier alpha value is -1.17. The molecule has 1 N–H and O–H groups in total. The fourth-order valence-electron chi connectivity index (χ4n) is 6.52. The van der Waals surface area contributed by atoms with Gasteiger partial charge in [-0.2, -0.15) is 0 Å². The highest BCUT2D eigenvalue weighted by molar-refractivity contribution is 7.71. The summed E-state index contributed by atoms with van der Waals surface area (Å²) in [6.07, 6.45) is 33.1. The number of benzene rings is 2. The van der Waals surface area contributed by atoms with Crippen LogP contribution < -0.4 is 15.7 Å². The van der Waals surface area contributed by atoms with Crippen molar-refractivity contribution in [3.8, 4) is 0 Å². The van der Waals surface area contributed by atoms with Crippen molar-refractivity contribution in [3.63, 3.8) is 0 Å². The smallest absolute Gasteiger partial charge is 0.0256 e. The molecule has 0 amide bonds. The molecule has 0 spiro atoms. The van der Waals surface area contributed by atoms with Crippen LogP contribution in [-0.2, 0) is 12.8 Å². The Morgan fingerprint density at radius 3 is 1.39 bits per heavy atom. The Labute approximate surface area is 256 Å². The third-order valence-electron chi connectivity index (χ3n) is 9.14. The molecular formula is C39H64NP. The highest BCUT2D eigenvalue weighted by Crippen LogP contribution is 2.33. The van der Waals surface area contributed by atoms with Crippen LogP contribution in [0.5, 0.6) is 0 Å². The Bertz CT molecular complexity index is 836. The molecule has 0 aromatic heterocycles. The molecule has 1 fully saturated rings. The lowest BCUT2D eigenvalue weighted by atomic mass is 10.0. The van der Waals surface area contributed by atoms with Crippen molar-refractivity contribution < 1.29 is 0 Å². The van der Waals surface area contributed by atoms with E-state index >= 15 is 0 Å². The zero-order valence-corrected chi connectivity index (χ0v) is 28.0. The Morgan fingerprint density at radius 1 is 0.537 bits per heavy atom. The number of aryl methyl sites for hydroxylation is 2. The van der Waals surface area contributed by atoms with Gasteiger partial charge in [-0.25, -0.2) is 0 Å². The molecule has 2 aromatic rings. The van der Waals surface area contributed by atoms with E-state index in [1.54, 1.807) is 11.1 Å². The van der Waals surface area contributed by atoms with Gasteiger partial charge in [0.2, 0.25) is 0 Å². The molecule has 2 aromatic carbocycles. The first-order valence-electron chi connectivity index (χ1n) is 18.0. The predicted octanol–water partition coefficient (Wildman–Crippen LogP) is 11.7. The average Bonchev–Trinajstić information content (AvgIpc) is 3.28. The van der Waals surface area contributed by atoms with E-state index in [1.165, 1.54) is 165 Å². The van der Waals surface area contributed by atoms with Crippen molar-refractivity contribution in [1.82, 2.24) is 5.09 Å². The van der Waals surface area contributed by atoms with E-state index in [4.69, 9.17) is 0 Å². The van der Waals surface area contributed by atoms with Crippen LogP contribution in [0.4, 0.5) is 0 Å². The van der Waals surface area contributed by atoms with Gasteiger partial charge in [-0.3, -0.25) is 5.09 Å². The van der Waals surface area contributed by atoms with E-state index in [0.717, 1.165) is 0 Å².